The Kier molecular flexibility index (Phi) is 7.24. The van der Waals surface area contributed by atoms with Crippen LogP contribution < -0.4 is 15.9 Å². The van der Waals surface area contributed by atoms with Crippen molar-refractivity contribution in [3.05, 3.63) is 28.2 Å². The Balaban J connectivity index is 2.66. The lowest BCUT2D eigenvalue weighted by Gasteiger charge is -2.09. The summed E-state index contributed by atoms with van der Waals surface area (Å²) in [7, 11) is 0. The number of rotatable bonds is 7. The van der Waals surface area contributed by atoms with E-state index in [0.29, 0.717) is 17.9 Å². The molecule has 21 heavy (non-hydrogen) atoms. The zero-order chi connectivity index (χ0) is 15.7. The summed E-state index contributed by atoms with van der Waals surface area (Å²) in [6.45, 7) is 2.27. The highest BCUT2D eigenvalue weighted by atomic mass is 79.9. The number of nitrogens with two attached hydrogens (primary N) is 1. The first kappa shape index (κ1) is 17.0. The molecule has 3 N–H and O–H groups in total. The zero-order valence-electron chi connectivity index (χ0n) is 11.5. The molecule has 0 unspecified atom stereocenters. The molecule has 7 nitrogen and oxygen atoms in total. The van der Waals surface area contributed by atoms with Gasteiger partial charge in [0.15, 0.2) is 0 Å². The number of nitrogens with zero attached hydrogens (tertiary/aromatic N) is 1. The van der Waals surface area contributed by atoms with Gasteiger partial charge < -0.3 is 15.2 Å². The molecule has 0 aliphatic heterocycles. The molecule has 1 rings (SSSR count). The summed E-state index contributed by atoms with van der Waals surface area (Å²) < 4.78 is 11.1. The fraction of sp³-hybridized carbons (Fsp3) is 0.308. The lowest BCUT2D eigenvalue weighted by atomic mass is 10.2. The topological polar surface area (TPSA) is 103 Å². The first-order valence-electron chi connectivity index (χ1n) is 6.19. The van der Waals surface area contributed by atoms with Crippen molar-refractivity contribution in [2.24, 2.45) is 10.8 Å². The lowest BCUT2D eigenvalue weighted by molar-refractivity contribution is -0.143. The van der Waals surface area contributed by atoms with E-state index in [9.17, 15) is 9.59 Å². The molecular weight excluding hydrogens is 342 g/mol. The van der Waals surface area contributed by atoms with E-state index in [4.69, 9.17) is 15.2 Å². The molecule has 0 bridgehead atoms. The van der Waals surface area contributed by atoms with Gasteiger partial charge in [-0.15, -0.1) is 0 Å². The Bertz CT molecular complexity index is 534. The highest BCUT2D eigenvalue weighted by molar-refractivity contribution is 9.10. The fourth-order valence-electron chi connectivity index (χ4n) is 1.39. The van der Waals surface area contributed by atoms with Gasteiger partial charge in [0, 0.05) is 10.0 Å². The standard InChI is InChI=1S/C13H16BrN3O4/c1-2-20-12(18)5-6-21-11-4-3-10(14)7-9(11)8-16-17-13(15)19/h3-4,7-8H,2,5-6H2,1H3,(H3,15,17,19). The number of hydrazone groups is 1. The van der Waals surface area contributed by atoms with Gasteiger partial charge in [0.05, 0.1) is 25.8 Å². The molecule has 0 atom stereocenters. The summed E-state index contributed by atoms with van der Waals surface area (Å²) in [6.07, 6.45) is 1.55. The highest BCUT2D eigenvalue weighted by Gasteiger charge is 2.06. The van der Waals surface area contributed by atoms with Gasteiger partial charge in [0.25, 0.3) is 0 Å². The predicted octanol–water partition coefficient (Wildman–Crippen LogP) is 1.78. The molecule has 0 fully saturated rings. The molecular formula is C13H16BrN3O4. The van der Waals surface area contributed by atoms with Crippen LogP contribution in [-0.4, -0.2) is 31.4 Å². The number of esters is 1. The average Bonchev–Trinajstić information content (AvgIpc) is 2.41. The average molecular weight is 358 g/mol. The number of hydrogen-bond acceptors (Lipinski definition) is 5. The molecule has 0 aliphatic carbocycles. The molecule has 1 aromatic rings. The second-order valence-corrected chi connectivity index (χ2v) is 4.74. The Hall–Kier alpha value is -2.09. The third-order valence-corrected chi connectivity index (χ3v) is 2.71. The summed E-state index contributed by atoms with van der Waals surface area (Å²) in [5, 5.41) is 3.67. The summed E-state index contributed by atoms with van der Waals surface area (Å²) in [6, 6.07) is 4.51. The van der Waals surface area contributed by atoms with Crippen molar-refractivity contribution in [2.45, 2.75) is 13.3 Å². The maximum absolute atomic E-state index is 11.2. The number of primary amides is 1. The molecule has 0 aromatic heterocycles. The molecule has 0 heterocycles. The molecule has 0 saturated carbocycles. The van der Waals surface area contributed by atoms with Crippen LogP contribution in [0.25, 0.3) is 0 Å². The van der Waals surface area contributed by atoms with Gasteiger partial charge in [-0.3, -0.25) is 4.79 Å². The Morgan fingerprint density at radius 3 is 2.90 bits per heavy atom. The predicted molar refractivity (Wildman–Crippen MR) is 81.2 cm³/mol. The number of carbonyl (C=O) groups excluding carboxylic acids is 2. The van der Waals surface area contributed by atoms with Crippen LogP contribution in [0.2, 0.25) is 0 Å². The molecule has 0 saturated heterocycles. The number of urea groups is 1. The summed E-state index contributed by atoms with van der Waals surface area (Å²) in [4.78, 5) is 21.8. The van der Waals surface area contributed by atoms with Gasteiger partial charge in [-0.05, 0) is 25.1 Å². The van der Waals surface area contributed by atoms with Gasteiger partial charge in [-0.1, -0.05) is 15.9 Å². The summed E-state index contributed by atoms with van der Waals surface area (Å²) in [5.41, 5.74) is 7.63. The van der Waals surface area contributed by atoms with E-state index in [2.05, 4.69) is 26.5 Å². The first-order valence-corrected chi connectivity index (χ1v) is 6.98. The Morgan fingerprint density at radius 2 is 2.24 bits per heavy atom. The molecule has 8 heteroatoms. The van der Waals surface area contributed by atoms with E-state index in [-0.39, 0.29) is 19.0 Å². The van der Waals surface area contributed by atoms with Crippen LogP contribution in [0.3, 0.4) is 0 Å². The third-order valence-electron chi connectivity index (χ3n) is 2.22. The van der Waals surface area contributed by atoms with E-state index in [1.807, 2.05) is 0 Å². The van der Waals surface area contributed by atoms with Crippen LogP contribution in [0.4, 0.5) is 4.79 Å². The number of hydrogen-bond donors (Lipinski definition) is 2. The molecule has 0 radical (unpaired) electrons. The van der Waals surface area contributed by atoms with Crippen molar-refractivity contribution in [2.75, 3.05) is 13.2 Å². The van der Waals surface area contributed by atoms with Crippen molar-refractivity contribution in [1.82, 2.24) is 5.43 Å². The zero-order valence-corrected chi connectivity index (χ0v) is 13.1. The second-order valence-electron chi connectivity index (χ2n) is 3.82. The molecule has 1 aromatic carbocycles. The van der Waals surface area contributed by atoms with E-state index in [0.717, 1.165) is 4.47 Å². The molecule has 2 amide bonds. The van der Waals surface area contributed by atoms with Gasteiger partial charge in [0.2, 0.25) is 0 Å². The van der Waals surface area contributed by atoms with Crippen molar-refractivity contribution >= 4 is 34.1 Å². The smallest absolute Gasteiger partial charge is 0.332 e. The molecule has 0 aliphatic rings. The highest BCUT2D eigenvalue weighted by Crippen LogP contribution is 2.22. The van der Waals surface area contributed by atoms with E-state index in [1.165, 1.54) is 6.21 Å². The maximum Gasteiger partial charge on any atom is 0.332 e. The Labute approximate surface area is 130 Å². The minimum Gasteiger partial charge on any atom is -0.492 e. The van der Waals surface area contributed by atoms with Crippen molar-refractivity contribution in [3.63, 3.8) is 0 Å². The monoisotopic (exact) mass is 357 g/mol. The van der Waals surface area contributed by atoms with E-state index < -0.39 is 6.03 Å². The van der Waals surface area contributed by atoms with Gasteiger partial charge in [0.1, 0.15) is 5.75 Å². The second kappa shape index (κ2) is 8.96. The minimum atomic E-state index is -0.758. The molecule has 114 valence electrons. The fourth-order valence-corrected chi connectivity index (χ4v) is 1.77. The van der Waals surface area contributed by atoms with Crippen LogP contribution >= 0.6 is 15.9 Å². The Morgan fingerprint density at radius 1 is 1.48 bits per heavy atom. The minimum absolute atomic E-state index is 0.153. The van der Waals surface area contributed by atoms with Gasteiger partial charge in [-0.2, -0.15) is 5.10 Å². The first-order chi connectivity index (χ1) is 10.0. The maximum atomic E-state index is 11.2. The van der Waals surface area contributed by atoms with Crippen LogP contribution in [-0.2, 0) is 9.53 Å². The van der Waals surface area contributed by atoms with Crippen molar-refractivity contribution in [1.29, 1.82) is 0 Å². The van der Waals surface area contributed by atoms with Gasteiger partial charge in [-0.25, -0.2) is 10.2 Å². The normalized spacial score (nSPS) is 10.4. The number of nitrogens with one attached hydrogen (secondary N) is 1. The van der Waals surface area contributed by atoms with Gasteiger partial charge >= 0.3 is 12.0 Å². The largest absolute Gasteiger partial charge is 0.492 e. The summed E-state index contributed by atoms with van der Waals surface area (Å²) in [5.74, 6) is 0.206. The summed E-state index contributed by atoms with van der Waals surface area (Å²) >= 11 is 3.33. The number of benzene rings is 1. The van der Waals surface area contributed by atoms with Crippen LogP contribution in [0, 0.1) is 0 Å². The third kappa shape index (κ3) is 6.75. The lowest BCUT2D eigenvalue weighted by Crippen LogP contribution is -2.24. The van der Waals surface area contributed by atoms with Crippen LogP contribution in [0.1, 0.15) is 18.9 Å². The van der Waals surface area contributed by atoms with Crippen LogP contribution in [0.5, 0.6) is 5.75 Å². The van der Waals surface area contributed by atoms with E-state index in [1.54, 1.807) is 25.1 Å². The van der Waals surface area contributed by atoms with E-state index >= 15 is 0 Å². The number of carbonyl (C=O) groups is 2. The SMILES string of the molecule is CCOC(=O)CCOc1ccc(Br)cc1C=NNC(N)=O. The quantitative estimate of drug-likeness (QED) is 0.441. The number of ether oxygens (including phenoxy) is 2. The van der Waals surface area contributed by atoms with Crippen molar-refractivity contribution in [3.8, 4) is 5.75 Å². The number of halogens is 1. The number of amides is 2. The molecule has 0 spiro atoms. The van der Waals surface area contributed by atoms with Crippen molar-refractivity contribution < 1.29 is 19.1 Å². The van der Waals surface area contributed by atoms with Crippen LogP contribution in [0.15, 0.2) is 27.8 Å².